The van der Waals surface area contributed by atoms with Gasteiger partial charge in [0.25, 0.3) is 0 Å². The number of carbonyl (C=O) groups is 1. The van der Waals surface area contributed by atoms with Crippen molar-refractivity contribution in [2.24, 2.45) is 0 Å². The fraction of sp³-hybridized carbons (Fsp3) is 0.304. The van der Waals surface area contributed by atoms with Gasteiger partial charge in [-0.3, -0.25) is 4.79 Å². The molecule has 3 fully saturated rings. The van der Waals surface area contributed by atoms with E-state index in [4.69, 9.17) is 16.6 Å². The highest BCUT2D eigenvalue weighted by Gasteiger charge is 2.40. The van der Waals surface area contributed by atoms with Crippen LogP contribution in [0.1, 0.15) is 12.8 Å². The van der Waals surface area contributed by atoms with E-state index in [0.29, 0.717) is 35.6 Å². The summed E-state index contributed by atoms with van der Waals surface area (Å²) in [5.74, 6) is 1.09. The average Bonchev–Trinajstić information content (AvgIpc) is 2.85. The molecule has 5 heterocycles. The van der Waals surface area contributed by atoms with Crippen LogP contribution in [0.3, 0.4) is 0 Å². The summed E-state index contributed by atoms with van der Waals surface area (Å²) in [4.78, 5) is 29.8. The number of pyridine rings is 1. The minimum absolute atomic E-state index is 0.0377. The van der Waals surface area contributed by atoms with Gasteiger partial charge in [-0.2, -0.15) is 8.78 Å². The van der Waals surface area contributed by atoms with E-state index in [0.717, 1.165) is 18.7 Å². The Labute approximate surface area is 199 Å². The fourth-order valence-electron chi connectivity index (χ4n) is 4.58. The summed E-state index contributed by atoms with van der Waals surface area (Å²) >= 11 is 6.08. The molecule has 0 saturated carbocycles. The number of nitrogens with one attached hydrogen (secondary N) is 1. The molecule has 176 valence electrons. The molecular weight excluding hydrogens is 466 g/mol. The first kappa shape index (κ1) is 22.3. The Morgan fingerprint density at radius 3 is 2.74 bits per heavy atom. The molecule has 3 saturated heterocycles. The minimum atomic E-state index is -2.96. The fourth-order valence-corrected chi connectivity index (χ4v) is 4.81. The molecule has 2 aromatic heterocycles. The number of hydrogen-bond acceptors (Lipinski definition) is 7. The molecule has 6 rings (SSSR count). The zero-order chi connectivity index (χ0) is 23.8. The number of ether oxygens (including phenoxy) is 1. The summed E-state index contributed by atoms with van der Waals surface area (Å²) in [6, 6.07) is 8.50. The van der Waals surface area contributed by atoms with Crippen molar-refractivity contribution in [3.05, 3.63) is 54.3 Å². The Hall–Kier alpha value is -3.53. The van der Waals surface area contributed by atoms with Crippen LogP contribution in [0.15, 0.2) is 49.3 Å². The van der Waals surface area contributed by atoms with E-state index < -0.39 is 6.61 Å². The molecule has 3 aliphatic rings. The molecule has 8 nitrogen and oxygen atoms in total. The number of aromatic nitrogens is 3. The molecule has 3 aliphatic heterocycles. The van der Waals surface area contributed by atoms with Crippen molar-refractivity contribution in [2.45, 2.75) is 31.5 Å². The molecule has 0 aliphatic carbocycles. The lowest BCUT2D eigenvalue weighted by molar-refractivity contribution is -0.131. The van der Waals surface area contributed by atoms with Gasteiger partial charge in [-0.05, 0) is 49.2 Å². The topological polar surface area (TPSA) is 83.5 Å². The first-order chi connectivity index (χ1) is 16.4. The van der Waals surface area contributed by atoms with Crippen LogP contribution in [0.2, 0.25) is 5.02 Å². The van der Waals surface area contributed by atoms with Crippen LogP contribution in [0, 0.1) is 0 Å². The van der Waals surface area contributed by atoms with Crippen LogP contribution in [0.4, 0.5) is 26.1 Å². The number of carbonyl (C=O) groups excluding carboxylic acids is 1. The SMILES string of the molecule is C=CC(=O)N1CC2CC[C@H]1CN2c1ccc2ncnc(Nc3ccc(OC(F)F)c(Cl)c3)c2n1. The van der Waals surface area contributed by atoms with Gasteiger partial charge >= 0.3 is 6.61 Å². The van der Waals surface area contributed by atoms with Crippen molar-refractivity contribution < 1.29 is 18.3 Å². The largest absolute Gasteiger partial charge is 0.433 e. The van der Waals surface area contributed by atoms with Gasteiger partial charge in [0.1, 0.15) is 23.4 Å². The molecule has 2 bridgehead atoms. The lowest BCUT2D eigenvalue weighted by atomic mass is 9.90. The van der Waals surface area contributed by atoms with Crippen LogP contribution < -0.4 is 15.0 Å². The van der Waals surface area contributed by atoms with Crippen molar-refractivity contribution >= 4 is 45.9 Å². The van der Waals surface area contributed by atoms with Gasteiger partial charge in [0.05, 0.1) is 10.5 Å². The van der Waals surface area contributed by atoms with Crippen LogP contribution in [-0.2, 0) is 4.79 Å². The second kappa shape index (κ2) is 9.02. The molecule has 1 unspecified atom stereocenters. The minimum Gasteiger partial charge on any atom is -0.433 e. The molecule has 1 aromatic carbocycles. The molecule has 1 N–H and O–H groups in total. The van der Waals surface area contributed by atoms with E-state index in [1.165, 1.54) is 24.5 Å². The van der Waals surface area contributed by atoms with E-state index in [1.54, 1.807) is 6.07 Å². The number of amides is 1. The van der Waals surface area contributed by atoms with E-state index in [1.807, 2.05) is 17.0 Å². The Morgan fingerprint density at radius 1 is 1.21 bits per heavy atom. The molecule has 2 atom stereocenters. The van der Waals surface area contributed by atoms with E-state index in [2.05, 4.69) is 31.5 Å². The van der Waals surface area contributed by atoms with E-state index in [9.17, 15) is 13.6 Å². The quantitative estimate of drug-likeness (QED) is 0.517. The molecular formula is C23H21ClF2N6O2. The highest BCUT2D eigenvalue weighted by Crippen LogP contribution is 2.34. The molecule has 1 amide bonds. The highest BCUT2D eigenvalue weighted by molar-refractivity contribution is 6.32. The second-order valence-electron chi connectivity index (χ2n) is 8.14. The predicted molar refractivity (Wildman–Crippen MR) is 125 cm³/mol. The van der Waals surface area contributed by atoms with Gasteiger partial charge in [-0.25, -0.2) is 15.0 Å². The Morgan fingerprint density at radius 2 is 2.03 bits per heavy atom. The first-order valence-corrected chi connectivity index (χ1v) is 11.1. The number of rotatable bonds is 6. The number of alkyl halides is 2. The number of benzene rings is 1. The number of halogens is 3. The number of anilines is 3. The van der Waals surface area contributed by atoms with Crippen LogP contribution >= 0.6 is 11.6 Å². The number of fused-ring (bicyclic) bond motifs is 4. The van der Waals surface area contributed by atoms with Crippen molar-refractivity contribution in [3.8, 4) is 5.75 Å². The van der Waals surface area contributed by atoms with Crippen LogP contribution in [0.5, 0.6) is 5.75 Å². The smallest absolute Gasteiger partial charge is 0.387 e. The Kier molecular flexibility index (Phi) is 5.91. The highest BCUT2D eigenvalue weighted by atomic mass is 35.5. The Balaban J connectivity index is 1.42. The van der Waals surface area contributed by atoms with E-state index in [-0.39, 0.29) is 28.8 Å². The zero-order valence-corrected chi connectivity index (χ0v) is 18.8. The molecule has 0 radical (unpaired) electrons. The van der Waals surface area contributed by atoms with Gasteiger partial charge < -0.3 is 19.9 Å². The second-order valence-corrected chi connectivity index (χ2v) is 8.55. The molecule has 34 heavy (non-hydrogen) atoms. The lowest BCUT2D eigenvalue weighted by Crippen LogP contribution is -2.64. The summed E-state index contributed by atoms with van der Waals surface area (Å²) in [6.45, 7) is 1.98. The number of hydrogen-bond donors (Lipinski definition) is 1. The summed E-state index contributed by atoms with van der Waals surface area (Å²) in [5, 5.41) is 3.18. The summed E-state index contributed by atoms with van der Waals surface area (Å²) in [6.07, 6.45) is 4.72. The summed E-state index contributed by atoms with van der Waals surface area (Å²) in [5.41, 5.74) is 1.74. The van der Waals surface area contributed by atoms with E-state index >= 15 is 0 Å². The zero-order valence-electron chi connectivity index (χ0n) is 18.0. The third-order valence-electron chi connectivity index (χ3n) is 6.16. The average molecular weight is 487 g/mol. The van der Waals surface area contributed by atoms with Gasteiger partial charge in [0.2, 0.25) is 5.91 Å². The number of piperazine rings is 1. The molecule has 11 heteroatoms. The van der Waals surface area contributed by atoms with Crippen molar-refractivity contribution in [1.29, 1.82) is 0 Å². The molecule has 3 aromatic rings. The van der Waals surface area contributed by atoms with Gasteiger partial charge in [-0.1, -0.05) is 18.2 Å². The normalized spacial score (nSPS) is 19.5. The molecule has 0 spiro atoms. The van der Waals surface area contributed by atoms with Crippen molar-refractivity contribution in [3.63, 3.8) is 0 Å². The lowest BCUT2D eigenvalue weighted by Gasteiger charge is -2.51. The number of piperidine rings is 2. The predicted octanol–water partition coefficient (Wildman–Crippen LogP) is 4.39. The van der Waals surface area contributed by atoms with Gasteiger partial charge in [0.15, 0.2) is 5.82 Å². The maximum Gasteiger partial charge on any atom is 0.387 e. The summed E-state index contributed by atoms with van der Waals surface area (Å²) < 4.78 is 29.4. The maximum absolute atomic E-state index is 12.5. The standard InChI is InChI=1S/C23H21ClF2N6O2/c1-2-20(33)32-11-14-4-5-15(32)10-31(14)19-8-6-17-21(30-19)22(28-12-27-17)29-13-3-7-18(16(24)9-13)34-23(25)26/h2-3,6-9,12,14-15,23H,1,4-5,10-11H2,(H,27,28,29)/t14?,15-/m0/s1. The monoisotopic (exact) mass is 486 g/mol. The van der Waals surface area contributed by atoms with Crippen LogP contribution in [0.25, 0.3) is 11.0 Å². The van der Waals surface area contributed by atoms with Gasteiger partial charge in [-0.15, -0.1) is 0 Å². The number of nitrogens with zero attached hydrogens (tertiary/aromatic N) is 5. The summed E-state index contributed by atoms with van der Waals surface area (Å²) in [7, 11) is 0. The van der Waals surface area contributed by atoms with Crippen LogP contribution in [-0.4, -0.2) is 57.5 Å². The third kappa shape index (κ3) is 4.21. The van der Waals surface area contributed by atoms with Gasteiger partial charge in [0, 0.05) is 30.9 Å². The first-order valence-electron chi connectivity index (χ1n) is 10.8. The van der Waals surface area contributed by atoms with Crippen molar-refractivity contribution in [1.82, 2.24) is 19.9 Å². The third-order valence-corrected chi connectivity index (χ3v) is 6.45. The Bertz CT molecular complexity index is 1260. The van der Waals surface area contributed by atoms with Crippen molar-refractivity contribution in [2.75, 3.05) is 23.3 Å². The maximum atomic E-state index is 12.5.